The van der Waals surface area contributed by atoms with Gasteiger partial charge in [-0.25, -0.2) is 0 Å². The number of carbonyl (C=O) groups excluding carboxylic acids is 2. The minimum absolute atomic E-state index is 0.0350. The summed E-state index contributed by atoms with van der Waals surface area (Å²) < 4.78 is 0. The highest BCUT2D eigenvalue weighted by Gasteiger charge is 2.22. The SMILES string of the molecule is CC(=O)CC(=O)N1CCCC(O)C1. The molecule has 4 heteroatoms. The van der Waals surface area contributed by atoms with Gasteiger partial charge in [0.25, 0.3) is 0 Å². The molecule has 0 aromatic heterocycles. The standard InChI is InChI=1S/C9H15NO3/c1-7(11)5-9(13)10-4-2-3-8(12)6-10/h8,12H,2-6H2,1H3. The van der Waals surface area contributed by atoms with Gasteiger partial charge in [0.05, 0.1) is 12.5 Å². The third kappa shape index (κ3) is 3.14. The van der Waals surface area contributed by atoms with Crippen LogP contribution in [-0.2, 0) is 9.59 Å². The maximum absolute atomic E-state index is 11.3. The largest absolute Gasteiger partial charge is 0.391 e. The Labute approximate surface area is 77.5 Å². The van der Waals surface area contributed by atoms with E-state index in [2.05, 4.69) is 0 Å². The number of aliphatic hydroxyl groups excluding tert-OH is 1. The van der Waals surface area contributed by atoms with Crippen LogP contribution in [0.25, 0.3) is 0 Å². The number of aliphatic hydroxyl groups is 1. The molecule has 0 aliphatic carbocycles. The fourth-order valence-electron chi connectivity index (χ4n) is 1.51. The first-order valence-electron chi connectivity index (χ1n) is 4.55. The van der Waals surface area contributed by atoms with Crippen LogP contribution in [0.3, 0.4) is 0 Å². The van der Waals surface area contributed by atoms with E-state index in [1.165, 1.54) is 6.92 Å². The van der Waals surface area contributed by atoms with E-state index < -0.39 is 6.10 Å². The summed E-state index contributed by atoms with van der Waals surface area (Å²) in [5.74, 6) is -0.281. The zero-order chi connectivity index (χ0) is 9.84. The van der Waals surface area contributed by atoms with Crippen LogP contribution in [-0.4, -0.2) is 40.9 Å². The molecule has 1 aliphatic rings. The van der Waals surface area contributed by atoms with E-state index in [1.54, 1.807) is 4.90 Å². The number of piperidine rings is 1. The third-order valence-corrected chi connectivity index (χ3v) is 2.15. The second kappa shape index (κ2) is 4.37. The quantitative estimate of drug-likeness (QED) is 0.613. The summed E-state index contributed by atoms with van der Waals surface area (Å²) in [6.45, 7) is 2.45. The molecule has 0 bridgehead atoms. The Bertz CT molecular complexity index is 215. The van der Waals surface area contributed by atoms with E-state index in [9.17, 15) is 14.7 Å². The molecular formula is C9H15NO3. The Morgan fingerprint density at radius 1 is 1.54 bits per heavy atom. The molecular weight excluding hydrogens is 170 g/mol. The van der Waals surface area contributed by atoms with E-state index in [1.807, 2.05) is 0 Å². The van der Waals surface area contributed by atoms with Crippen LogP contribution in [0.1, 0.15) is 26.2 Å². The van der Waals surface area contributed by atoms with E-state index in [0.29, 0.717) is 13.1 Å². The van der Waals surface area contributed by atoms with Crippen molar-refractivity contribution in [2.24, 2.45) is 0 Å². The Hall–Kier alpha value is -0.900. The summed E-state index contributed by atoms with van der Waals surface area (Å²) in [6.07, 6.45) is 1.13. The summed E-state index contributed by atoms with van der Waals surface area (Å²) in [7, 11) is 0. The van der Waals surface area contributed by atoms with Crippen molar-refractivity contribution >= 4 is 11.7 Å². The van der Waals surface area contributed by atoms with Gasteiger partial charge in [0.2, 0.25) is 5.91 Å². The normalized spacial score (nSPS) is 22.9. The molecule has 1 saturated heterocycles. The topological polar surface area (TPSA) is 57.6 Å². The molecule has 13 heavy (non-hydrogen) atoms. The molecule has 0 aromatic carbocycles. The van der Waals surface area contributed by atoms with Crippen molar-refractivity contribution in [3.63, 3.8) is 0 Å². The van der Waals surface area contributed by atoms with Gasteiger partial charge >= 0.3 is 0 Å². The van der Waals surface area contributed by atoms with Crippen LogP contribution in [0.2, 0.25) is 0 Å². The minimum atomic E-state index is -0.412. The van der Waals surface area contributed by atoms with Crippen molar-refractivity contribution in [1.82, 2.24) is 4.90 Å². The molecule has 74 valence electrons. The second-order valence-electron chi connectivity index (χ2n) is 3.51. The van der Waals surface area contributed by atoms with E-state index in [4.69, 9.17) is 0 Å². The maximum Gasteiger partial charge on any atom is 0.230 e. The number of rotatable bonds is 2. The molecule has 1 atom stereocenters. The number of nitrogens with zero attached hydrogens (tertiary/aromatic N) is 1. The van der Waals surface area contributed by atoms with Crippen molar-refractivity contribution in [3.05, 3.63) is 0 Å². The van der Waals surface area contributed by atoms with Crippen molar-refractivity contribution in [2.75, 3.05) is 13.1 Å². The number of β-amino-alcohol motifs (C(OH)–C–C–N with tert-alkyl or cyclic N) is 1. The van der Waals surface area contributed by atoms with Gasteiger partial charge in [0.15, 0.2) is 0 Å². The third-order valence-electron chi connectivity index (χ3n) is 2.15. The molecule has 1 heterocycles. The molecule has 1 fully saturated rings. The van der Waals surface area contributed by atoms with Crippen LogP contribution in [0, 0.1) is 0 Å². The first kappa shape index (κ1) is 10.2. The zero-order valence-electron chi connectivity index (χ0n) is 7.82. The van der Waals surface area contributed by atoms with Crippen LogP contribution in [0.15, 0.2) is 0 Å². The lowest BCUT2D eigenvalue weighted by atomic mass is 10.1. The van der Waals surface area contributed by atoms with E-state index >= 15 is 0 Å². The highest BCUT2D eigenvalue weighted by atomic mass is 16.3. The van der Waals surface area contributed by atoms with Crippen molar-refractivity contribution < 1.29 is 14.7 Å². The number of hydrogen-bond acceptors (Lipinski definition) is 3. The Morgan fingerprint density at radius 3 is 2.77 bits per heavy atom. The Balaban J connectivity index is 2.41. The average Bonchev–Trinajstić information content (AvgIpc) is 2.03. The van der Waals surface area contributed by atoms with Crippen LogP contribution < -0.4 is 0 Å². The van der Waals surface area contributed by atoms with Crippen LogP contribution in [0.5, 0.6) is 0 Å². The van der Waals surface area contributed by atoms with Crippen molar-refractivity contribution in [2.45, 2.75) is 32.3 Å². The van der Waals surface area contributed by atoms with Gasteiger partial charge in [-0.1, -0.05) is 0 Å². The maximum atomic E-state index is 11.3. The number of likely N-dealkylation sites (tertiary alicyclic amines) is 1. The predicted molar refractivity (Wildman–Crippen MR) is 47.1 cm³/mol. The van der Waals surface area contributed by atoms with Gasteiger partial charge in [-0.15, -0.1) is 0 Å². The molecule has 1 aliphatic heterocycles. The fourth-order valence-corrected chi connectivity index (χ4v) is 1.51. The summed E-state index contributed by atoms with van der Waals surface area (Å²) in [5, 5.41) is 9.28. The first-order chi connectivity index (χ1) is 6.09. The average molecular weight is 185 g/mol. The number of hydrogen-bond donors (Lipinski definition) is 1. The lowest BCUT2D eigenvalue weighted by Gasteiger charge is -2.29. The predicted octanol–water partition coefficient (Wildman–Crippen LogP) is -0.0512. The lowest BCUT2D eigenvalue weighted by molar-refractivity contribution is -0.137. The number of amides is 1. The number of ketones is 1. The fraction of sp³-hybridized carbons (Fsp3) is 0.778. The molecule has 1 unspecified atom stereocenters. The van der Waals surface area contributed by atoms with Gasteiger partial charge in [-0.05, 0) is 19.8 Å². The van der Waals surface area contributed by atoms with Crippen LogP contribution >= 0.6 is 0 Å². The molecule has 0 spiro atoms. The van der Waals surface area contributed by atoms with Gasteiger partial charge in [0.1, 0.15) is 5.78 Å². The monoisotopic (exact) mass is 185 g/mol. The van der Waals surface area contributed by atoms with Crippen LogP contribution in [0.4, 0.5) is 0 Å². The number of Topliss-reactive ketones (excluding diaryl/α,β-unsaturated/α-hetero) is 1. The summed E-state index contributed by atoms with van der Waals surface area (Å²) in [4.78, 5) is 23.6. The summed E-state index contributed by atoms with van der Waals surface area (Å²) in [6, 6.07) is 0. The van der Waals surface area contributed by atoms with Crippen molar-refractivity contribution in [1.29, 1.82) is 0 Å². The summed E-state index contributed by atoms with van der Waals surface area (Å²) >= 11 is 0. The van der Waals surface area contributed by atoms with Gasteiger partial charge in [-0.2, -0.15) is 0 Å². The Morgan fingerprint density at radius 2 is 2.23 bits per heavy atom. The highest BCUT2D eigenvalue weighted by Crippen LogP contribution is 2.10. The molecule has 0 saturated carbocycles. The Kier molecular flexibility index (Phi) is 3.42. The molecule has 0 aromatic rings. The molecule has 4 nitrogen and oxygen atoms in total. The first-order valence-corrected chi connectivity index (χ1v) is 4.55. The minimum Gasteiger partial charge on any atom is -0.391 e. The molecule has 1 N–H and O–H groups in total. The van der Waals surface area contributed by atoms with E-state index in [0.717, 1.165) is 12.8 Å². The highest BCUT2D eigenvalue weighted by molar-refractivity contribution is 5.96. The number of carbonyl (C=O) groups is 2. The lowest BCUT2D eigenvalue weighted by Crippen LogP contribution is -2.42. The molecule has 0 radical (unpaired) electrons. The smallest absolute Gasteiger partial charge is 0.230 e. The van der Waals surface area contributed by atoms with Gasteiger partial charge in [-0.3, -0.25) is 9.59 Å². The summed E-state index contributed by atoms with van der Waals surface area (Å²) in [5.41, 5.74) is 0. The van der Waals surface area contributed by atoms with Crippen molar-refractivity contribution in [3.8, 4) is 0 Å². The van der Waals surface area contributed by atoms with E-state index in [-0.39, 0.29) is 18.1 Å². The zero-order valence-corrected chi connectivity index (χ0v) is 7.82. The van der Waals surface area contributed by atoms with Gasteiger partial charge in [0, 0.05) is 13.1 Å². The molecule has 1 amide bonds. The van der Waals surface area contributed by atoms with Gasteiger partial charge < -0.3 is 10.0 Å². The molecule has 1 rings (SSSR count). The second-order valence-corrected chi connectivity index (χ2v) is 3.51.